The molecule has 0 atom stereocenters. The number of nitrogens with zero attached hydrogens (tertiary/aromatic N) is 3. The summed E-state index contributed by atoms with van der Waals surface area (Å²) in [5.41, 5.74) is 1.26. The lowest BCUT2D eigenvalue weighted by Gasteiger charge is -2.21. The van der Waals surface area contributed by atoms with Gasteiger partial charge in [-0.05, 0) is 44.2 Å². The van der Waals surface area contributed by atoms with E-state index < -0.39 is 25.6 Å². The van der Waals surface area contributed by atoms with Gasteiger partial charge < -0.3 is 24.4 Å². The minimum atomic E-state index is -0.890. The van der Waals surface area contributed by atoms with Crippen molar-refractivity contribution in [2.24, 2.45) is 7.05 Å². The van der Waals surface area contributed by atoms with E-state index in [1.165, 1.54) is 35.9 Å². The monoisotopic (exact) mass is 544 g/mol. The summed E-state index contributed by atoms with van der Waals surface area (Å²) in [6.45, 7) is 6.79. The number of aromatic hydroxyl groups is 1. The Kier molecular flexibility index (Phi) is 10.9. The fraction of sp³-hybridized carbons (Fsp3) is 0.370. The van der Waals surface area contributed by atoms with Gasteiger partial charge in [0.15, 0.2) is 14.1 Å². The Hall–Kier alpha value is -3.17. The van der Waals surface area contributed by atoms with E-state index in [1.807, 2.05) is 45.2 Å². The molecule has 0 bridgehead atoms. The topological polar surface area (TPSA) is 106 Å². The molecule has 0 aliphatic rings. The molecule has 11 heteroatoms. The van der Waals surface area contributed by atoms with Gasteiger partial charge in [-0.3, -0.25) is 14.2 Å². The highest BCUT2D eigenvalue weighted by molar-refractivity contribution is 7.47. The number of aromatic nitrogens is 2. The van der Waals surface area contributed by atoms with Gasteiger partial charge >= 0.3 is 0 Å². The molecule has 204 valence electrons. The van der Waals surface area contributed by atoms with E-state index in [0.29, 0.717) is 30.9 Å². The number of amides is 1. The molecule has 2 N–H and O–H groups in total. The SMILES string of the molecule is CCOP(CCN(C)Cc1ccc(-c2nc(C(=O)NCc3ccc(F)cc3)c(O)c(=O)n2C)cc1)OCC. The van der Waals surface area contributed by atoms with E-state index in [9.17, 15) is 19.1 Å². The molecule has 0 unspecified atom stereocenters. The molecule has 0 aliphatic heterocycles. The molecule has 0 radical (unpaired) electrons. The third-order valence-electron chi connectivity index (χ3n) is 5.72. The summed E-state index contributed by atoms with van der Waals surface area (Å²) in [4.78, 5) is 31.9. The molecule has 3 aromatic rings. The van der Waals surface area contributed by atoms with E-state index in [0.717, 1.165) is 18.3 Å². The zero-order chi connectivity index (χ0) is 27.7. The Balaban J connectivity index is 1.70. The number of hydrogen-bond donors (Lipinski definition) is 2. The van der Waals surface area contributed by atoms with Crippen molar-refractivity contribution in [3.63, 3.8) is 0 Å². The molecule has 0 saturated heterocycles. The zero-order valence-corrected chi connectivity index (χ0v) is 23.0. The minimum absolute atomic E-state index is 0.0873. The van der Waals surface area contributed by atoms with E-state index in [1.54, 1.807) is 0 Å². The van der Waals surface area contributed by atoms with Crippen LogP contribution >= 0.6 is 8.38 Å². The summed E-state index contributed by atoms with van der Waals surface area (Å²) < 4.78 is 25.7. The minimum Gasteiger partial charge on any atom is -0.501 e. The van der Waals surface area contributed by atoms with Crippen molar-refractivity contribution in [2.75, 3.05) is 33.0 Å². The maximum absolute atomic E-state index is 13.1. The van der Waals surface area contributed by atoms with Gasteiger partial charge in [0.25, 0.3) is 11.5 Å². The van der Waals surface area contributed by atoms with Gasteiger partial charge in [0.2, 0.25) is 5.75 Å². The Morgan fingerprint density at radius 3 is 2.29 bits per heavy atom. The second kappa shape index (κ2) is 14.1. The molecule has 0 fully saturated rings. The van der Waals surface area contributed by atoms with Crippen LogP contribution in [0, 0.1) is 5.82 Å². The number of benzene rings is 2. The van der Waals surface area contributed by atoms with Crippen LogP contribution < -0.4 is 10.9 Å². The molecular weight excluding hydrogens is 510 g/mol. The molecule has 2 aromatic carbocycles. The summed E-state index contributed by atoms with van der Waals surface area (Å²) in [6, 6.07) is 13.2. The standard InChI is InChI=1S/C27H34FN4O5P/c1-5-36-38(37-6-2)16-15-31(3)18-20-7-11-21(12-8-20)25-30-23(24(33)27(35)32(25)4)26(34)29-17-19-9-13-22(28)14-10-19/h7-14,33H,5-6,15-18H2,1-4H3,(H,29,34). The van der Waals surface area contributed by atoms with Gasteiger partial charge in [-0.15, -0.1) is 0 Å². The Bertz CT molecular complexity index is 1260. The van der Waals surface area contributed by atoms with Gasteiger partial charge in [-0.1, -0.05) is 36.4 Å². The predicted octanol–water partition coefficient (Wildman–Crippen LogP) is 4.04. The van der Waals surface area contributed by atoms with Crippen molar-refractivity contribution in [3.05, 3.63) is 81.5 Å². The highest BCUT2D eigenvalue weighted by Crippen LogP contribution is 2.37. The third kappa shape index (κ3) is 7.91. The van der Waals surface area contributed by atoms with Crippen molar-refractivity contribution < 1.29 is 23.3 Å². The number of rotatable bonds is 13. The van der Waals surface area contributed by atoms with Crippen LogP contribution in [0.5, 0.6) is 5.75 Å². The molecule has 0 spiro atoms. The lowest BCUT2D eigenvalue weighted by atomic mass is 10.1. The van der Waals surface area contributed by atoms with Gasteiger partial charge in [0, 0.05) is 38.4 Å². The second-order valence-electron chi connectivity index (χ2n) is 8.63. The van der Waals surface area contributed by atoms with Crippen molar-refractivity contribution >= 4 is 14.3 Å². The van der Waals surface area contributed by atoms with Gasteiger partial charge in [-0.25, -0.2) is 9.37 Å². The average Bonchev–Trinajstić information content (AvgIpc) is 2.91. The molecular formula is C27H34FN4O5P. The average molecular weight is 545 g/mol. The van der Waals surface area contributed by atoms with Crippen LogP contribution in [0.4, 0.5) is 4.39 Å². The summed E-state index contributed by atoms with van der Waals surface area (Å²) >= 11 is 0. The highest BCUT2D eigenvalue weighted by atomic mass is 31.2. The van der Waals surface area contributed by atoms with Gasteiger partial charge in [0.05, 0.1) is 13.2 Å². The highest BCUT2D eigenvalue weighted by Gasteiger charge is 2.21. The van der Waals surface area contributed by atoms with Crippen molar-refractivity contribution in [1.29, 1.82) is 0 Å². The van der Waals surface area contributed by atoms with Crippen LogP contribution in [0.25, 0.3) is 11.4 Å². The lowest BCUT2D eigenvalue weighted by molar-refractivity contribution is 0.0942. The van der Waals surface area contributed by atoms with Crippen LogP contribution in [-0.4, -0.2) is 58.4 Å². The summed E-state index contributed by atoms with van der Waals surface area (Å²) in [7, 11) is 2.63. The summed E-state index contributed by atoms with van der Waals surface area (Å²) in [5, 5.41) is 12.9. The van der Waals surface area contributed by atoms with E-state index in [4.69, 9.17) is 9.05 Å². The van der Waals surface area contributed by atoms with Gasteiger partial charge in [-0.2, -0.15) is 0 Å². The van der Waals surface area contributed by atoms with Crippen LogP contribution in [0.3, 0.4) is 0 Å². The second-order valence-corrected chi connectivity index (χ2v) is 10.3. The van der Waals surface area contributed by atoms with Crippen molar-refractivity contribution in [1.82, 2.24) is 19.8 Å². The smallest absolute Gasteiger partial charge is 0.296 e. The fourth-order valence-corrected chi connectivity index (χ4v) is 5.15. The fourth-order valence-electron chi connectivity index (χ4n) is 3.73. The zero-order valence-electron chi connectivity index (χ0n) is 22.1. The Labute approximate surface area is 223 Å². The van der Waals surface area contributed by atoms with E-state index in [2.05, 4.69) is 15.2 Å². The maximum Gasteiger partial charge on any atom is 0.296 e. The van der Waals surface area contributed by atoms with E-state index in [-0.39, 0.29) is 23.9 Å². The molecule has 3 rings (SSSR count). The maximum atomic E-state index is 13.1. The van der Waals surface area contributed by atoms with Crippen LogP contribution in [0.1, 0.15) is 35.5 Å². The molecule has 38 heavy (non-hydrogen) atoms. The lowest BCUT2D eigenvalue weighted by Crippen LogP contribution is -2.29. The normalized spacial score (nSPS) is 11.3. The summed E-state index contributed by atoms with van der Waals surface area (Å²) in [5.74, 6) is -1.57. The van der Waals surface area contributed by atoms with Gasteiger partial charge in [0.1, 0.15) is 11.6 Å². The molecule has 1 heterocycles. The van der Waals surface area contributed by atoms with Crippen LogP contribution in [0.15, 0.2) is 53.3 Å². The van der Waals surface area contributed by atoms with E-state index >= 15 is 0 Å². The first kappa shape index (κ1) is 29.4. The quantitative estimate of drug-likeness (QED) is 0.313. The molecule has 0 saturated carbocycles. The number of carbonyl (C=O) groups excluding carboxylic acids is 1. The number of hydrogen-bond acceptors (Lipinski definition) is 7. The Morgan fingerprint density at radius 2 is 1.68 bits per heavy atom. The van der Waals surface area contributed by atoms with Crippen LogP contribution in [-0.2, 0) is 29.2 Å². The molecule has 9 nitrogen and oxygen atoms in total. The van der Waals surface area contributed by atoms with Crippen LogP contribution in [0.2, 0.25) is 0 Å². The molecule has 1 aromatic heterocycles. The first-order chi connectivity index (χ1) is 18.2. The number of nitrogens with one attached hydrogen (secondary N) is 1. The number of carbonyl (C=O) groups is 1. The van der Waals surface area contributed by atoms with Crippen molar-refractivity contribution in [3.8, 4) is 17.1 Å². The van der Waals surface area contributed by atoms with Crippen molar-refractivity contribution in [2.45, 2.75) is 26.9 Å². The third-order valence-corrected chi connectivity index (χ3v) is 7.38. The number of halogens is 1. The Morgan fingerprint density at radius 1 is 1.08 bits per heavy atom. The largest absolute Gasteiger partial charge is 0.501 e. The first-order valence-electron chi connectivity index (χ1n) is 12.4. The first-order valence-corrected chi connectivity index (χ1v) is 13.7. The predicted molar refractivity (Wildman–Crippen MR) is 146 cm³/mol. The molecule has 1 amide bonds. The summed E-state index contributed by atoms with van der Waals surface area (Å²) in [6.07, 6.45) is 0.817. The molecule has 0 aliphatic carbocycles.